The second-order valence-corrected chi connectivity index (χ2v) is 5.93. The molecule has 0 aromatic heterocycles. The maximum atomic E-state index is 6.37. The lowest BCUT2D eigenvalue weighted by atomic mass is 9.81. The lowest BCUT2D eigenvalue weighted by Gasteiger charge is -2.38. The monoisotopic (exact) mass is 268 g/mol. The van der Waals surface area contributed by atoms with Crippen LogP contribution in [0.5, 0.6) is 0 Å². The van der Waals surface area contributed by atoms with Gasteiger partial charge in [0.1, 0.15) is 0 Å². The van der Waals surface area contributed by atoms with Gasteiger partial charge in [0.2, 0.25) is 0 Å². The van der Waals surface area contributed by atoms with Gasteiger partial charge in [0.25, 0.3) is 0 Å². The van der Waals surface area contributed by atoms with E-state index in [2.05, 4.69) is 50.3 Å². The molecular weight excluding hydrogens is 244 g/mol. The average Bonchev–Trinajstić information content (AvgIpc) is 2.51. The number of ether oxygens (including phenoxy) is 1. The van der Waals surface area contributed by atoms with Crippen molar-refractivity contribution < 1.29 is 4.74 Å². The van der Waals surface area contributed by atoms with E-state index >= 15 is 0 Å². The van der Waals surface area contributed by atoms with Crippen molar-refractivity contribution in [1.29, 1.82) is 0 Å². The van der Waals surface area contributed by atoms with Crippen LogP contribution in [0.2, 0.25) is 0 Å². The summed E-state index contributed by atoms with van der Waals surface area (Å²) in [5.41, 5.74) is 5.73. The van der Waals surface area contributed by atoms with Crippen molar-refractivity contribution in [3.8, 4) is 0 Å². The van der Waals surface area contributed by atoms with Crippen molar-refractivity contribution in [3.63, 3.8) is 0 Å². The number of hydrogen-bond donors (Lipinski definition) is 0. The van der Waals surface area contributed by atoms with E-state index in [4.69, 9.17) is 4.74 Å². The molecule has 1 heteroatoms. The highest BCUT2D eigenvalue weighted by Gasteiger charge is 2.32. The Balaban J connectivity index is 2.00. The minimum atomic E-state index is 0.266. The minimum Gasteiger partial charge on any atom is -0.366 e. The zero-order valence-electron chi connectivity index (χ0n) is 12.6. The minimum absolute atomic E-state index is 0.266. The Morgan fingerprint density at radius 3 is 2.75 bits per heavy atom. The number of hydrogen-bond acceptors (Lipinski definition) is 1. The lowest BCUT2D eigenvalue weighted by Crippen LogP contribution is -2.33. The van der Waals surface area contributed by atoms with Crippen LogP contribution in [0, 0.1) is 0 Å². The first-order valence-corrected chi connectivity index (χ1v) is 7.91. The van der Waals surface area contributed by atoms with Gasteiger partial charge in [0.05, 0.1) is 12.2 Å². The summed E-state index contributed by atoms with van der Waals surface area (Å²) >= 11 is 0. The van der Waals surface area contributed by atoms with Crippen molar-refractivity contribution >= 4 is 6.08 Å². The number of benzene rings is 1. The molecule has 1 heterocycles. The Labute approximate surface area is 122 Å². The molecule has 1 nitrogen and oxygen atoms in total. The van der Waals surface area contributed by atoms with E-state index in [1.54, 1.807) is 5.57 Å². The van der Waals surface area contributed by atoms with E-state index < -0.39 is 0 Å². The molecule has 0 unspecified atom stereocenters. The molecule has 0 N–H and O–H groups in total. The molecule has 0 radical (unpaired) electrons. The second kappa shape index (κ2) is 5.97. The van der Waals surface area contributed by atoms with Gasteiger partial charge in [-0.15, -0.1) is 0 Å². The van der Waals surface area contributed by atoms with Crippen molar-refractivity contribution in [3.05, 3.63) is 52.6 Å². The van der Waals surface area contributed by atoms with Gasteiger partial charge in [0, 0.05) is 0 Å². The molecule has 0 amide bonds. The molecule has 20 heavy (non-hydrogen) atoms. The quantitative estimate of drug-likeness (QED) is 0.721. The van der Waals surface area contributed by atoms with Crippen LogP contribution >= 0.6 is 0 Å². The van der Waals surface area contributed by atoms with Gasteiger partial charge < -0.3 is 4.74 Å². The van der Waals surface area contributed by atoms with Crippen LogP contribution in [0.1, 0.15) is 51.5 Å². The van der Waals surface area contributed by atoms with Gasteiger partial charge >= 0.3 is 0 Å². The molecule has 2 aliphatic rings. The van der Waals surface area contributed by atoms with E-state index in [9.17, 15) is 0 Å². The SMILES string of the molecule is CC[C@@H]1O[C@@H]2CCCCC2=C(C)/C1=C\c1ccccc1. The molecule has 1 aromatic rings. The second-order valence-electron chi connectivity index (χ2n) is 5.93. The maximum absolute atomic E-state index is 6.37. The van der Waals surface area contributed by atoms with Gasteiger partial charge in [0.15, 0.2) is 0 Å². The first kappa shape index (κ1) is 13.6. The fourth-order valence-electron chi connectivity index (χ4n) is 3.50. The summed E-state index contributed by atoms with van der Waals surface area (Å²) in [5, 5.41) is 0. The van der Waals surface area contributed by atoms with E-state index in [1.807, 2.05) is 0 Å². The molecular formula is C19H24O. The molecule has 2 atom stereocenters. The van der Waals surface area contributed by atoms with Crippen molar-refractivity contribution in [2.75, 3.05) is 0 Å². The molecule has 1 fully saturated rings. The molecule has 0 saturated heterocycles. The van der Waals surface area contributed by atoms with Gasteiger partial charge in [-0.05, 0) is 61.0 Å². The zero-order valence-corrected chi connectivity index (χ0v) is 12.6. The van der Waals surface area contributed by atoms with Crippen molar-refractivity contribution in [1.82, 2.24) is 0 Å². The third kappa shape index (κ3) is 2.60. The van der Waals surface area contributed by atoms with Gasteiger partial charge in [-0.25, -0.2) is 0 Å². The maximum Gasteiger partial charge on any atom is 0.0833 e. The highest BCUT2D eigenvalue weighted by atomic mass is 16.5. The van der Waals surface area contributed by atoms with E-state index in [1.165, 1.54) is 42.4 Å². The topological polar surface area (TPSA) is 9.23 Å². The first-order valence-electron chi connectivity index (χ1n) is 7.91. The Hall–Kier alpha value is -1.34. The number of rotatable bonds is 2. The van der Waals surface area contributed by atoms with E-state index in [0.717, 1.165) is 6.42 Å². The fraction of sp³-hybridized carbons (Fsp3) is 0.474. The molecule has 1 aromatic carbocycles. The number of fused-ring (bicyclic) bond motifs is 1. The fourth-order valence-corrected chi connectivity index (χ4v) is 3.50. The van der Waals surface area contributed by atoms with Crippen LogP contribution in [-0.2, 0) is 4.74 Å². The van der Waals surface area contributed by atoms with Crippen molar-refractivity contribution in [2.45, 2.75) is 58.2 Å². The van der Waals surface area contributed by atoms with Crippen LogP contribution in [0.25, 0.3) is 6.08 Å². The largest absolute Gasteiger partial charge is 0.366 e. The molecule has 106 valence electrons. The predicted molar refractivity (Wildman–Crippen MR) is 84.5 cm³/mol. The summed E-state index contributed by atoms with van der Waals surface area (Å²) in [7, 11) is 0. The third-order valence-corrected chi connectivity index (χ3v) is 4.63. The highest BCUT2D eigenvalue weighted by molar-refractivity contribution is 5.61. The van der Waals surface area contributed by atoms with Crippen LogP contribution in [0.3, 0.4) is 0 Å². The summed E-state index contributed by atoms with van der Waals surface area (Å²) in [4.78, 5) is 0. The molecule has 1 saturated carbocycles. The van der Waals surface area contributed by atoms with Crippen molar-refractivity contribution in [2.24, 2.45) is 0 Å². The molecule has 3 rings (SSSR count). The van der Waals surface area contributed by atoms with Gasteiger partial charge in [-0.2, -0.15) is 0 Å². The summed E-state index contributed by atoms with van der Waals surface area (Å²) in [6.07, 6.45) is 9.10. The Morgan fingerprint density at radius 2 is 2.00 bits per heavy atom. The summed E-state index contributed by atoms with van der Waals surface area (Å²) in [6.45, 7) is 4.53. The summed E-state index contributed by atoms with van der Waals surface area (Å²) in [6, 6.07) is 10.6. The summed E-state index contributed by atoms with van der Waals surface area (Å²) in [5.74, 6) is 0. The molecule has 0 spiro atoms. The normalized spacial score (nSPS) is 28.6. The smallest absolute Gasteiger partial charge is 0.0833 e. The molecule has 1 aliphatic carbocycles. The van der Waals surface area contributed by atoms with E-state index in [0.29, 0.717) is 6.10 Å². The van der Waals surface area contributed by atoms with Gasteiger partial charge in [-0.3, -0.25) is 0 Å². The van der Waals surface area contributed by atoms with Crippen LogP contribution in [-0.4, -0.2) is 12.2 Å². The molecule has 0 bridgehead atoms. The Kier molecular flexibility index (Phi) is 4.07. The van der Waals surface area contributed by atoms with Gasteiger partial charge in [-0.1, -0.05) is 43.7 Å². The van der Waals surface area contributed by atoms with E-state index in [-0.39, 0.29) is 6.10 Å². The highest BCUT2D eigenvalue weighted by Crippen LogP contribution is 2.39. The summed E-state index contributed by atoms with van der Waals surface area (Å²) < 4.78 is 6.37. The Morgan fingerprint density at radius 1 is 1.20 bits per heavy atom. The third-order valence-electron chi connectivity index (χ3n) is 4.63. The average molecular weight is 268 g/mol. The van der Waals surface area contributed by atoms with Crippen LogP contribution < -0.4 is 0 Å². The van der Waals surface area contributed by atoms with Crippen LogP contribution in [0.15, 0.2) is 47.1 Å². The molecule has 1 aliphatic heterocycles. The van der Waals surface area contributed by atoms with Crippen LogP contribution in [0.4, 0.5) is 0 Å². The lowest BCUT2D eigenvalue weighted by molar-refractivity contribution is 0.00596. The first-order chi connectivity index (χ1) is 9.79. The predicted octanol–water partition coefficient (Wildman–Crippen LogP) is 5.14. The zero-order chi connectivity index (χ0) is 13.9. The standard InChI is InChI=1S/C19H24O/c1-3-18-17(13-15-9-5-4-6-10-15)14(2)16-11-7-8-12-19(16)20-18/h4-6,9-10,13,18-19H,3,7-8,11-12H2,1-2H3/b17-13+/t18-,19+/m0/s1. The Bertz CT molecular complexity index is 524.